The molecule has 1 aromatic carbocycles. The average Bonchev–Trinajstić information content (AvgIpc) is 2.92. The summed E-state index contributed by atoms with van der Waals surface area (Å²) in [6, 6.07) is 5.71. The molecule has 3 nitrogen and oxygen atoms in total. The first kappa shape index (κ1) is 13.2. The molecule has 5 heteroatoms. The summed E-state index contributed by atoms with van der Waals surface area (Å²) < 4.78 is 0. The number of aliphatic hydroxyl groups excluding tert-OH is 1. The Morgan fingerprint density at radius 3 is 2.79 bits per heavy atom. The van der Waals surface area contributed by atoms with Crippen LogP contribution in [0.15, 0.2) is 18.2 Å². The van der Waals surface area contributed by atoms with Crippen LogP contribution in [0.5, 0.6) is 0 Å². The third-order valence-electron chi connectivity index (χ3n) is 4.39. The van der Waals surface area contributed by atoms with Crippen molar-refractivity contribution < 1.29 is 5.11 Å². The highest BCUT2D eigenvalue weighted by atomic mass is 35.5. The summed E-state index contributed by atoms with van der Waals surface area (Å²) in [7, 11) is 0. The third-order valence-corrected chi connectivity index (χ3v) is 4.93. The van der Waals surface area contributed by atoms with Crippen molar-refractivity contribution in [2.45, 2.75) is 18.9 Å². The zero-order valence-corrected chi connectivity index (χ0v) is 12.1. The maximum Gasteiger partial charge on any atom is 0.104 e. The van der Waals surface area contributed by atoms with Gasteiger partial charge in [-0.1, -0.05) is 23.8 Å². The van der Waals surface area contributed by atoms with Crippen LogP contribution in [0, 0.1) is 11.8 Å². The highest BCUT2D eigenvalue weighted by molar-refractivity contribution is 7.80. The predicted octanol–water partition coefficient (Wildman–Crippen LogP) is 2.18. The molecule has 102 valence electrons. The van der Waals surface area contributed by atoms with E-state index in [-0.39, 0.29) is 6.10 Å². The number of halogens is 1. The van der Waals surface area contributed by atoms with Crippen molar-refractivity contribution in [3.05, 3.63) is 28.8 Å². The highest BCUT2D eigenvalue weighted by Gasteiger charge is 2.42. The number of anilines is 1. The van der Waals surface area contributed by atoms with E-state index in [0.29, 0.717) is 21.8 Å². The highest BCUT2D eigenvalue weighted by Crippen LogP contribution is 2.41. The van der Waals surface area contributed by atoms with E-state index < -0.39 is 0 Å². The molecule has 3 unspecified atom stereocenters. The second-order valence-corrected chi connectivity index (χ2v) is 6.35. The fraction of sp³-hybridized carbons (Fsp3) is 0.500. The Morgan fingerprint density at radius 2 is 2.16 bits per heavy atom. The van der Waals surface area contributed by atoms with Gasteiger partial charge in [0.2, 0.25) is 0 Å². The van der Waals surface area contributed by atoms with Crippen molar-refractivity contribution in [2.75, 3.05) is 18.0 Å². The first-order chi connectivity index (χ1) is 9.06. The number of thiocarbonyl (C=S) groups is 1. The van der Waals surface area contributed by atoms with Gasteiger partial charge < -0.3 is 15.7 Å². The maximum absolute atomic E-state index is 9.96. The molecule has 19 heavy (non-hydrogen) atoms. The van der Waals surface area contributed by atoms with Crippen LogP contribution in [0.2, 0.25) is 5.02 Å². The zero-order chi connectivity index (χ0) is 13.6. The number of hydrogen-bond donors (Lipinski definition) is 2. The lowest BCUT2D eigenvalue weighted by Crippen LogP contribution is -2.24. The number of nitrogens with two attached hydrogens (primary N) is 1. The monoisotopic (exact) mass is 296 g/mol. The Hall–Kier alpha value is -0.840. The summed E-state index contributed by atoms with van der Waals surface area (Å²) >= 11 is 11.3. The van der Waals surface area contributed by atoms with Crippen LogP contribution < -0.4 is 10.6 Å². The standard InChI is InChI=1S/C14H17ClN2OS/c15-11-5-8(14(16)19)1-3-12(11)17-6-9-2-4-13(18)10(9)7-17/h1,3,5,9-10,13,18H,2,4,6-7H2,(H2,16,19). The van der Waals surface area contributed by atoms with Gasteiger partial charge in [0.15, 0.2) is 0 Å². The lowest BCUT2D eigenvalue weighted by Gasteiger charge is -2.22. The SMILES string of the molecule is NC(=S)c1ccc(N2CC3CCC(O)C3C2)c(Cl)c1. The molecule has 0 radical (unpaired) electrons. The molecule has 0 spiro atoms. The van der Waals surface area contributed by atoms with Crippen LogP contribution in [-0.4, -0.2) is 29.3 Å². The molecule has 1 saturated heterocycles. The van der Waals surface area contributed by atoms with Crippen LogP contribution in [0.3, 0.4) is 0 Å². The minimum atomic E-state index is -0.148. The molecule has 3 rings (SSSR count). The van der Waals surface area contributed by atoms with E-state index in [4.69, 9.17) is 29.6 Å². The summed E-state index contributed by atoms with van der Waals surface area (Å²) in [6.45, 7) is 1.87. The Balaban J connectivity index is 1.82. The number of rotatable bonds is 2. The van der Waals surface area contributed by atoms with Gasteiger partial charge in [0.25, 0.3) is 0 Å². The Bertz CT molecular complexity index is 522. The van der Waals surface area contributed by atoms with Gasteiger partial charge in [-0.2, -0.15) is 0 Å². The van der Waals surface area contributed by atoms with E-state index in [0.717, 1.165) is 37.2 Å². The third kappa shape index (κ3) is 2.33. The van der Waals surface area contributed by atoms with Gasteiger partial charge in [0.05, 0.1) is 16.8 Å². The van der Waals surface area contributed by atoms with Crippen LogP contribution in [0.4, 0.5) is 5.69 Å². The van der Waals surface area contributed by atoms with Crippen molar-refractivity contribution in [1.82, 2.24) is 0 Å². The molecule has 1 aliphatic heterocycles. The van der Waals surface area contributed by atoms with Gasteiger partial charge in [-0.25, -0.2) is 0 Å². The topological polar surface area (TPSA) is 49.5 Å². The molecular formula is C14H17ClN2OS. The van der Waals surface area contributed by atoms with Crippen molar-refractivity contribution in [3.8, 4) is 0 Å². The molecule has 2 aliphatic rings. The summed E-state index contributed by atoms with van der Waals surface area (Å²) in [6.07, 6.45) is 1.91. The van der Waals surface area contributed by atoms with Gasteiger partial charge >= 0.3 is 0 Å². The molecule has 2 fully saturated rings. The number of benzene rings is 1. The smallest absolute Gasteiger partial charge is 0.104 e. The lowest BCUT2D eigenvalue weighted by atomic mass is 10.00. The fourth-order valence-corrected chi connectivity index (χ4v) is 3.78. The van der Waals surface area contributed by atoms with E-state index in [9.17, 15) is 5.11 Å². The average molecular weight is 297 g/mol. The van der Waals surface area contributed by atoms with E-state index in [1.807, 2.05) is 18.2 Å². The van der Waals surface area contributed by atoms with Gasteiger partial charge in [-0.3, -0.25) is 0 Å². The molecule has 3 N–H and O–H groups in total. The summed E-state index contributed by atoms with van der Waals surface area (Å²) in [5.41, 5.74) is 7.42. The first-order valence-electron chi connectivity index (χ1n) is 6.58. The van der Waals surface area contributed by atoms with Crippen LogP contribution >= 0.6 is 23.8 Å². The van der Waals surface area contributed by atoms with Crippen molar-refractivity contribution in [3.63, 3.8) is 0 Å². The quantitative estimate of drug-likeness (QED) is 0.822. The van der Waals surface area contributed by atoms with Crippen molar-refractivity contribution in [2.24, 2.45) is 17.6 Å². The van der Waals surface area contributed by atoms with Gasteiger partial charge in [-0.05, 0) is 37.0 Å². The predicted molar refractivity (Wildman–Crippen MR) is 81.8 cm³/mol. The number of fused-ring (bicyclic) bond motifs is 1. The maximum atomic E-state index is 9.96. The van der Waals surface area contributed by atoms with Gasteiger partial charge in [0.1, 0.15) is 4.99 Å². The van der Waals surface area contributed by atoms with Gasteiger partial charge in [-0.15, -0.1) is 0 Å². The molecular weight excluding hydrogens is 280 g/mol. The lowest BCUT2D eigenvalue weighted by molar-refractivity contribution is 0.133. The normalized spacial score (nSPS) is 29.6. The Morgan fingerprint density at radius 1 is 1.37 bits per heavy atom. The van der Waals surface area contributed by atoms with Crippen LogP contribution in [-0.2, 0) is 0 Å². The molecule has 1 aliphatic carbocycles. The van der Waals surface area contributed by atoms with Crippen molar-refractivity contribution >= 4 is 34.5 Å². The minimum Gasteiger partial charge on any atom is -0.393 e. The molecule has 0 amide bonds. The number of nitrogens with zero attached hydrogens (tertiary/aromatic N) is 1. The summed E-state index contributed by atoms with van der Waals surface area (Å²) in [5, 5.41) is 10.6. The number of hydrogen-bond acceptors (Lipinski definition) is 3. The van der Waals surface area contributed by atoms with Crippen molar-refractivity contribution in [1.29, 1.82) is 0 Å². The molecule has 3 atom stereocenters. The zero-order valence-electron chi connectivity index (χ0n) is 10.6. The summed E-state index contributed by atoms with van der Waals surface area (Å²) in [5.74, 6) is 0.993. The Kier molecular flexibility index (Phi) is 3.41. The molecule has 1 saturated carbocycles. The van der Waals surface area contributed by atoms with E-state index in [1.54, 1.807) is 0 Å². The van der Waals surface area contributed by atoms with E-state index in [1.165, 1.54) is 0 Å². The number of aliphatic hydroxyl groups is 1. The van der Waals surface area contributed by atoms with E-state index in [2.05, 4.69) is 4.90 Å². The van der Waals surface area contributed by atoms with Crippen LogP contribution in [0.25, 0.3) is 0 Å². The summed E-state index contributed by atoms with van der Waals surface area (Å²) in [4.78, 5) is 2.63. The second-order valence-electron chi connectivity index (χ2n) is 5.50. The van der Waals surface area contributed by atoms with E-state index >= 15 is 0 Å². The first-order valence-corrected chi connectivity index (χ1v) is 7.37. The molecule has 1 heterocycles. The minimum absolute atomic E-state index is 0.148. The molecule has 0 aromatic heterocycles. The van der Waals surface area contributed by atoms with Gasteiger partial charge in [0, 0.05) is 24.6 Å². The molecule has 1 aromatic rings. The second kappa shape index (κ2) is 4.93. The van der Waals surface area contributed by atoms with Crippen LogP contribution in [0.1, 0.15) is 18.4 Å². The fourth-order valence-electron chi connectivity index (χ4n) is 3.35. The molecule has 0 bridgehead atoms. The largest absolute Gasteiger partial charge is 0.393 e. The Labute approximate surface area is 123 Å².